The van der Waals surface area contributed by atoms with Gasteiger partial charge in [0.25, 0.3) is 0 Å². The van der Waals surface area contributed by atoms with E-state index in [0.717, 1.165) is 6.42 Å². The Balaban J connectivity index is 1.85. The number of nitrogens with zero attached hydrogens (tertiary/aromatic N) is 2. The van der Waals surface area contributed by atoms with Crippen LogP contribution in [0.25, 0.3) is 0 Å². The van der Waals surface area contributed by atoms with Gasteiger partial charge in [-0.2, -0.15) is 0 Å². The summed E-state index contributed by atoms with van der Waals surface area (Å²) < 4.78 is 0. The second kappa shape index (κ2) is 5.27. The van der Waals surface area contributed by atoms with Crippen LogP contribution in [0.4, 0.5) is 0 Å². The van der Waals surface area contributed by atoms with Crippen LogP contribution in [0.1, 0.15) is 13.3 Å². The molecule has 96 valence electrons. The molecule has 2 rings (SSSR count). The Bertz CT molecular complexity index is 324. The summed E-state index contributed by atoms with van der Waals surface area (Å²) >= 11 is 1.54. The Labute approximate surface area is 105 Å². The second-order valence-electron chi connectivity index (χ2n) is 4.74. The van der Waals surface area contributed by atoms with E-state index in [1.165, 1.54) is 11.8 Å². The Kier molecular flexibility index (Phi) is 3.93. The molecule has 0 aromatic heterocycles. The van der Waals surface area contributed by atoms with Crippen molar-refractivity contribution in [3.8, 4) is 0 Å². The summed E-state index contributed by atoms with van der Waals surface area (Å²) in [5.41, 5.74) is 0. The molecule has 17 heavy (non-hydrogen) atoms. The SMILES string of the molecule is CC1CCN(C(=O)CN2CSCC2=O)CC1O. The van der Waals surface area contributed by atoms with Gasteiger partial charge in [-0.05, 0) is 12.3 Å². The van der Waals surface area contributed by atoms with Crippen molar-refractivity contribution in [1.29, 1.82) is 0 Å². The summed E-state index contributed by atoms with van der Waals surface area (Å²) in [6.07, 6.45) is 0.395. The lowest BCUT2D eigenvalue weighted by atomic mass is 9.96. The van der Waals surface area contributed by atoms with E-state index >= 15 is 0 Å². The van der Waals surface area contributed by atoms with Gasteiger partial charge in [0.1, 0.15) is 6.54 Å². The third kappa shape index (κ3) is 2.93. The molecular formula is C11H18N2O3S. The number of likely N-dealkylation sites (tertiary alicyclic amines) is 1. The molecule has 2 unspecified atom stereocenters. The molecule has 2 fully saturated rings. The van der Waals surface area contributed by atoms with Crippen LogP contribution in [0.3, 0.4) is 0 Å². The minimum Gasteiger partial charge on any atom is -0.391 e. The molecule has 2 heterocycles. The van der Waals surface area contributed by atoms with Crippen LogP contribution in [-0.2, 0) is 9.59 Å². The topological polar surface area (TPSA) is 60.9 Å². The molecule has 5 nitrogen and oxygen atoms in total. The predicted molar refractivity (Wildman–Crippen MR) is 65.4 cm³/mol. The molecule has 0 aromatic rings. The Morgan fingerprint density at radius 3 is 2.94 bits per heavy atom. The number of aliphatic hydroxyl groups is 1. The quantitative estimate of drug-likeness (QED) is 0.742. The highest BCUT2D eigenvalue weighted by Gasteiger charge is 2.30. The van der Waals surface area contributed by atoms with E-state index in [1.54, 1.807) is 9.80 Å². The molecule has 2 aliphatic heterocycles. The van der Waals surface area contributed by atoms with E-state index in [2.05, 4.69) is 0 Å². The summed E-state index contributed by atoms with van der Waals surface area (Å²) in [7, 11) is 0. The first kappa shape index (κ1) is 12.7. The number of hydrogen-bond donors (Lipinski definition) is 1. The number of rotatable bonds is 2. The van der Waals surface area contributed by atoms with Gasteiger partial charge in [-0.25, -0.2) is 0 Å². The number of β-amino-alcohol motifs (C(OH)–C–C–N with tert-alkyl or cyclic N) is 1. The first-order chi connectivity index (χ1) is 8.08. The summed E-state index contributed by atoms with van der Waals surface area (Å²) in [5, 5.41) is 9.73. The van der Waals surface area contributed by atoms with Crippen molar-refractivity contribution in [2.45, 2.75) is 19.4 Å². The van der Waals surface area contributed by atoms with E-state index in [-0.39, 0.29) is 24.3 Å². The molecule has 2 amide bonds. The lowest BCUT2D eigenvalue weighted by Crippen LogP contribution is -2.49. The molecule has 0 radical (unpaired) electrons. The van der Waals surface area contributed by atoms with Crippen LogP contribution in [-0.4, -0.2) is 64.1 Å². The van der Waals surface area contributed by atoms with Crippen molar-refractivity contribution in [3.63, 3.8) is 0 Å². The van der Waals surface area contributed by atoms with Crippen LogP contribution in [0.15, 0.2) is 0 Å². The maximum absolute atomic E-state index is 12.0. The van der Waals surface area contributed by atoms with Gasteiger partial charge >= 0.3 is 0 Å². The molecule has 6 heteroatoms. The van der Waals surface area contributed by atoms with Crippen molar-refractivity contribution >= 4 is 23.6 Å². The molecule has 0 spiro atoms. The maximum Gasteiger partial charge on any atom is 0.242 e. The van der Waals surface area contributed by atoms with E-state index in [1.807, 2.05) is 6.92 Å². The highest BCUT2D eigenvalue weighted by molar-refractivity contribution is 8.00. The molecule has 0 bridgehead atoms. The lowest BCUT2D eigenvalue weighted by Gasteiger charge is -2.35. The van der Waals surface area contributed by atoms with Crippen LogP contribution in [0, 0.1) is 5.92 Å². The van der Waals surface area contributed by atoms with Gasteiger partial charge in [0.15, 0.2) is 0 Å². The standard InChI is InChI=1S/C11H18N2O3S/c1-8-2-3-12(4-9(8)14)10(15)5-13-7-17-6-11(13)16/h8-9,14H,2-7H2,1H3. The summed E-state index contributed by atoms with van der Waals surface area (Å²) in [4.78, 5) is 26.6. The number of amides is 2. The number of piperidine rings is 1. The molecule has 2 saturated heterocycles. The average molecular weight is 258 g/mol. The Hall–Kier alpha value is -0.750. The predicted octanol–water partition coefficient (Wildman–Crippen LogP) is -0.251. The normalized spacial score (nSPS) is 29.9. The van der Waals surface area contributed by atoms with Crippen molar-refractivity contribution < 1.29 is 14.7 Å². The van der Waals surface area contributed by atoms with Gasteiger partial charge in [0.2, 0.25) is 11.8 Å². The van der Waals surface area contributed by atoms with E-state index in [0.29, 0.717) is 24.7 Å². The molecule has 2 atom stereocenters. The number of hydrogen-bond acceptors (Lipinski definition) is 4. The molecule has 0 saturated carbocycles. The highest BCUT2D eigenvalue weighted by Crippen LogP contribution is 2.19. The molecular weight excluding hydrogens is 240 g/mol. The third-order valence-corrected chi connectivity index (χ3v) is 4.37. The van der Waals surface area contributed by atoms with E-state index < -0.39 is 6.10 Å². The van der Waals surface area contributed by atoms with Gasteiger partial charge in [0.05, 0.1) is 17.7 Å². The highest BCUT2D eigenvalue weighted by atomic mass is 32.2. The minimum atomic E-state index is -0.434. The first-order valence-electron chi connectivity index (χ1n) is 5.89. The lowest BCUT2D eigenvalue weighted by molar-refractivity contribution is -0.140. The fourth-order valence-electron chi connectivity index (χ4n) is 2.08. The summed E-state index contributed by atoms with van der Waals surface area (Å²) in [6, 6.07) is 0. The zero-order valence-corrected chi connectivity index (χ0v) is 10.8. The van der Waals surface area contributed by atoms with Crippen molar-refractivity contribution in [2.75, 3.05) is 31.3 Å². The van der Waals surface area contributed by atoms with Crippen molar-refractivity contribution in [2.24, 2.45) is 5.92 Å². The monoisotopic (exact) mass is 258 g/mol. The fraction of sp³-hybridized carbons (Fsp3) is 0.818. The largest absolute Gasteiger partial charge is 0.391 e. The molecule has 2 aliphatic rings. The molecule has 0 aliphatic carbocycles. The number of carbonyl (C=O) groups excluding carboxylic acids is 2. The summed E-state index contributed by atoms with van der Waals surface area (Å²) in [6.45, 7) is 3.24. The fourth-order valence-corrected chi connectivity index (χ4v) is 2.98. The first-order valence-corrected chi connectivity index (χ1v) is 7.04. The third-order valence-electron chi connectivity index (χ3n) is 3.42. The average Bonchev–Trinajstić information content (AvgIpc) is 2.68. The van der Waals surface area contributed by atoms with Gasteiger partial charge in [0, 0.05) is 13.1 Å². The van der Waals surface area contributed by atoms with Crippen LogP contribution < -0.4 is 0 Å². The van der Waals surface area contributed by atoms with Gasteiger partial charge in [-0.15, -0.1) is 11.8 Å². The van der Waals surface area contributed by atoms with E-state index in [4.69, 9.17) is 0 Å². The smallest absolute Gasteiger partial charge is 0.242 e. The van der Waals surface area contributed by atoms with Gasteiger partial charge in [-0.1, -0.05) is 6.92 Å². The molecule has 1 N–H and O–H groups in total. The van der Waals surface area contributed by atoms with Crippen LogP contribution in [0.2, 0.25) is 0 Å². The maximum atomic E-state index is 12.0. The Morgan fingerprint density at radius 1 is 1.59 bits per heavy atom. The minimum absolute atomic E-state index is 0.0364. The van der Waals surface area contributed by atoms with Gasteiger partial charge in [-0.3, -0.25) is 9.59 Å². The Morgan fingerprint density at radius 2 is 2.35 bits per heavy atom. The van der Waals surface area contributed by atoms with Crippen molar-refractivity contribution in [3.05, 3.63) is 0 Å². The van der Waals surface area contributed by atoms with Crippen LogP contribution in [0.5, 0.6) is 0 Å². The van der Waals surface area contributed by atoms with E-state index in [9.17, 15) is 14.7 Å². The molecule has 0 aromatic carbocycles. The number of thioether (sulfide) groups is 1. The number of carbonyl (C=O) groups is 2. The van der Waals surface area contributed by atoms with Crippen LogP contribution >= 0.6 is 11.8 Å². The van der Waals surface area contributed by atoms with Crippen molar-refractivity contribution in [1.82, 2.24) is 9.80 Å². The van der Waals surface area contributed by atoms with Gasteiger partial charge < -0.3 is 14.9 Å². The zero-order chi connectivity index (χ0) is 12.4. The zero-order valence-electron chi connectivity index (χ0n) is 9.96. The summed E-state index contributed by atoms with van der Waals surface area (Å²) in [5.74, 6) is 1.33. The second-order valence-corrected chi connectivity index (χ2v) is 5.70. The number of aliphatic hydroxyl groups excluding tert-OH is 1.